The van der Waals surface area contributed by atoms with Gasteiger partial charge in [-0.3, -0.25) is 14.0 Å². The zero-order valence-electron chi connectivity index (χ0n) is 18.6. The molecule has 1 fully saturated rings. The number of hydrogen-bond acceptors (Lipinski definition) is 6. The molecule has 1 saturated heterocycles. The molecule has 0 aliphatic carbocycles. The quantitative estimate of drug-likeness (QED) is 0.595. The first kappa shape index (κ1) is 23.0. The molecular formula is C23H21F2N5O4. The highest BCUT2D eigenvalue weighted by Gasteiger charge is 2.46. The fraction of sp³-hybridized carbons (Fsp3) is 0.304. The number of aromatic nitrogens is 2. The van der Waals surface area contributed by atoms with Crippen molar-refractivity contribution in [2.24, 2.45) is 0 Å². The third-order valence-electron chi connectivity index (χ3n) is 5.90. The fourth-order valence-electron chi connectivity index (χ4n) is 4.07. The van der Waals surface area contributed by atoms with Crippen LogP contribution in [0.5, 0.6) is 11.5 Å². The number of amides is 2. The molecule has 4 rings (SSSR count). The summed E-state index contributed by atoms with van der Waals surface area (Å²) < 4.78 is 37.8. The number of methoxy groups -OCH3 is 1. The number of ether oxygens (including phenoxy) is 2. The van der Waals surface area contributed by atoms with E-state index in [1.165, 1.54) is 33.2 Å². The first-order chi connectivity index (χ1) is 16.2. The van der Waals surface area contributed by atoms with Gasteiger partial charge in [0, 0.05) is 38.8 Å². The van der Waals surface area contributed by atoms with Crippen LogP contribution >= 0.6 is 0 Å². The molecule has 3 aromatic rings. The molecule has 0 bridgehead atoms. The van der Waals surface area contributed by atoms with Gasteiger partial charge >= 0.3 is 6.61 Å². The van der Waals surface area contributed by atoms with E-state index in [1.54, 1.807) is 33.8 Å². The Morgan fingerprint density at radius 2 is 1.97 bits per heavy atom. The molecule has 0 spiro atoms. The van der Waals surface area contributed by atoms with E-state index >= 15 is 0 Å². The molecule has 11 heteroatoms. The molecule has 0 saturated carbocycles. The summed E-state index contributed by atoms with van der Waals surface area (Å²) in [4.78, 5) is 29.8. The lowest BCUT2D eigenvalue weighted by Crippen LogP contribution is -2.60. The van der Waals surface area contributed by atoms with Gasteiger partial charge in [-0.25, -0.2) is 4.98 Å². The number of alkyl halides is 2. The number of rotatable bonds is 6. The Balaban J connectivity index is 1.78. The van der Waals surface area contributed by atoms with Crippen molar-refractivity contribution in [3.8, 4) is 28.8 Å². The largest absolute Gasteiger partial charge is 0.496 e. The van der Waals surface area contributed by atoms with Gasteiger partial charge in [0.05, 0.1) is 25.1 Å². The maximum Gasteiger partial charge on any atom is 0.387 e. The Morgan fingerprint density at radius 3 is 2.56 bits per heavy atom. The van der Waals surface area contributed by atoms with E-state index in [4.69, 9.17) is 4.74 Å². The molecule has 9 nitrogen and oxygen atoms in total. The third-order valence-corrected chi connectivity index (χ3v) is 5.90. The first-order valence-electron chi connectivity index (χ1n) is 10.3. The second-order valence-electron chi connectivity index (χ2n) is 7.87. The monoisotopic (exact) mass is 469 g/mol. The van der Waals surface area contributed by atoms with Gasteiger partial charge in [0.2, 0.25) is 5.91 Å². The maximum atomic E-state index is 13.1. The Morgan fingerprint density at radius 1 is 1.26 bits per heavy atom. The second-order valence-corrected chi connectivity index (χ2v) is 7.87. The Kier molecular flexibility index (Phi) is 5.83. The van der Waals surface area contributed by atoms with E-state index in [0.29, 0.717) is 30.0 Å². The number of likely N-dealkylation sites (tertiary alicyclic amines) is 1. The summed E-state index contributed by atoms with van der Waals surface area (Å²) in [5.41, 5.74) is 1.26. The van der Waals surface area contributed by atoms with Crippen molar-refractivity contribution in [1.82, 2.24) is 19.6 Å². The van der Waals surface area contributed by atoms with Crippen LogP contribution in [-0.4, -0.2) is 60.0 Å². The number of pyridine rings is 1. The number of benzene rings is 1. The summed E-state index contributed by atoms with van der Waals surface area (Å²) in [5, 5.41) is 12.1. The van der Waals surface area contributed by atoms with E-state index < -0.39 is 17.9 Å². The van der Waals surface area contributed by atoms with Crippen LogP contribution in [0.4, 0.5) is 8.78 Å². The average molecular weight is 469 g/mol. The summed E-state index contributed by atoms with van der Waals surface area (Å²) in [6.45, 7) is -1.09. The Bertz CT molecular complexity index is 1320. The van der Waals surface area contributed by atoms with Gasteiger partial charge in [-0.2, -0.15) is 14.0 Å². The minimum atomic E-state index is -3.15. The molecule has 0 radical (unpaired) electrons. The Hall–Kier alpha value is -4.20. The number of fused-ring (bicyclic) bond motifs is 1. The van der Waals surface area contributed by atoms with Gasteiger partial charge in [-0.05, 0) is 29.8 Å². The van der Waals surface area contributed by atoms with Crippen LogP contribution in [0, 0.1) is 11.3 Å². The van der Waals surface area contributed by atoms with E-state index in [2.05, 4.69) is 21.1 Å². The van der Waals surface area contributed by atoms with Crippen LogP contribution in [0.1, 0.15) is 22.8 Å². The van der Waals surface area contributed by atoms with Crippen LogP contribution in [-0.2, 0) is 10.2 Å². The number of hydrogen-bond donors (Lipinski definition) is 1. The number of halogens is 2. The highest BCUT2D eigenvalue weighted by atomic mass is 19.3. The average Bonchev–Trinajstić information content (AvgIpc) is 3.20. The summed E-state index contributed by atoms with van der Waals surface area (Å²) in [7, 11) is 2.69. The fourth-order valence-corrected chi connectivity index (χ4v) is 4.07. The van der Waals surface area contributed by atoms with E-state index in [1.807, 2.05) is 0 Å². The zero-order chi connectivity index (χ0) is 24.6. The summed E-state index contributed by atoms with van der Waals surface area (Å²) in [6, 6.07) is 8.70. The highest BCUT2D eigenvalue weighted by Crippen LogP contribution is 2.38. The summed E-state index contributed by atoms with van der Waals surface area (Å²) in [6.07, 6.45) is 3.26. The van der Waals surface area contributed by atoms with Crippen LogP contribution in [0.15, 0.2) is 36.7 Å². The normalized spacial score (nSPS) is 14.4. The van der Waals surface area contributed by atoms with Crippen molar-refractivity contribution in [1.29, 1.82) is 5.26 Å². The Labute approximate surface area is 193 Å². The molecular weight excluding hydrogens is 448 g/mol. The van der Waals surface area contributed by atoms with Crippen molar-refractivity contribution in [3.63, 3.8) is 0 Å². The summed E-state index contributed by atoms with van der Waals surface area (Å²) in [5.74, 6) is -1.01. The van der Waals surface area contributed by atoms with Crippen molar-refractivity contribution >= 4 is 17.5 Å². The van der Waals surface area contributed by atoms with Gasteiger partial charge in [-0.1, -0.05) is 0 Å². The van der Waals surface area contributed by atoms with Crippen LogP contribution in [0.25, 0.3) is 16.9 Å². The lowest BCUT2D eigenvalue weighted by atomic mass is 9.75. The van der Waals surface area contributed by atoms with Crippen LogP contribution < -0.4 is 14.8 Å². The molecule has 1 aliphatic rings. The molecule has 2 aromatic heterocycles. The summed E-state index contributed by atoms with van der Waals surface area (Å²) >= 11 is 0. The minimum Gasteiger partial charge on any atom is -0.496 e. The van der Waals surface area contributed by atoms with Crippen LogP contribution in [0.2, 0.25) is 0 Å². The number of nitrogens with zero attached hydrogens (tertiary/aromatic N) is 4. The molecule has 2 amide bonds. The topological polar surface area (TPSA) is 109 Å². The molecule has 3 heterocycles. The van der Waals surface area contributed by atoms with Crippen molar-refractivity contribution in [3.05, 3.63) is 47.8 Å². The van der Waals surface area contributed by atoms with E-state index in [-0.39, 0.29) is 23.0 Å². The predicted molar refractivity (Wildman–Crippen MR) is 117 cm³/mol. The van der Waals surface area contributed by atoms with Gasteiger partial charge in [0.1, 0.15) is 28.1 Å². The molecule has 0 unspecified atom stereocenters. The maximum absolute atomic E-state index is 13.1. The predicted octanol–water partition coefficient (Wildman–Crippen LogP) is 2.59. The lowest BCUT2D eigenvalue weighted by Gasteiger charge is -2.45. The van der Waals surface area contributed by atoms with Gasteiger partial charge in [0.25, 0.3) is 5.91 Å². The number of nitrogens with one attached hydrogen (secondary N) is 1. The number of carbonyl (C=O) groups excluding carboxylic acids is 2. The molecule has 1 aliphatic heterocycles. The minimum absolute atomic E-state index is 0.0568. The van der Waals surface area contributed by atoms with Gasteiger partial charge in [0.15, 0.2) is 0 Å². The highest BCUT2D eigenvalue weighted by molar-refractivity contribution is 6.00. The van der Waals surface area contributed by atoms with Crippen molar-refractivity contribution < 1.29 is 27.8 Å². The lowest BCUT2D eigenvalue weighted by molar-refractivity contribution is -0.134. The van der Waals surface area contributed by atoms with Crippen LogP contribution in [0.3, 0.4) is 0 Å². The zero-order valence-corrected chi connectivity index (χ0v) is 18.6. The smallest absolute Gasteiger partial charge is 0.387 e. The number of imidazole rings is 1. The molecule has 1 N–H and O–H groups in total. The third kappa shape index (κ3) is 3.77. The molecule has 1 aromatic carbocycles. The standard InChI is InChI=1S/C23H21F2N5O4/c1-13(31)29-11-23(10-26,12-29)15-4-5-30-16(9-28-19(30)8-15)14-6-17(33-3)20(21(32)27-2)18(7-14)34-22(24)25/h4-9,22H,11-12H2,1-3H3,(H,27,32). The van der Waals surface area contributed by atoms with Crippen molar-refractivity contribution in [2.75, 3.05) is 27.2 Å². The first-order valence-corrected chi connectivity index (χ1v) is 10.3. The molecule has 0 atom stereocenters. The second kappa shape index (κ2) is 8.62. The van der Waals surface area contributed by atoms with Crippen molar-refractivity contribution in [2.45, 2.75) is 19.0 Å². The van der Waals surface area contributed by atoms with Gasteiger partial charge in [-0.15, -0.1) is 0 Å². The number of nitriles is 1. The SMILES string of the molecule is CNC(=O)c1c(OC)cc(-c2cnc3cc(C4(C#N)CN(C(C)=O)C4)ccn23)cc1OC(F)F. The van der Waals surface area contributed by atoms with E-state index in [9.17, 15) is 23.6 Å². The van der Waals surface area contributed by atoms with E-state index in [0.717, 1.165) is 5.56 Å². The van der Waals surface area contributed by atoms with Gasteiger partial charge < -0.3 is 19.7 Å². The molecule has 176 valence electrons. The number of carbonyl (C=O) groups is 2. The molecule has 34 heavy (non-hydrogen) atoms.